The molecule has 3 N–H and O–H groups in total. The number of hydrogen-bond donors (Lipinski definition) is 2. The van der Waals surface area contributed by atoms with Gasteiger partial charge in [-0.1, -0.05) is 0 Å². The Balaban J connectivity index is 2.71. The average Bonchev–Trinajstić information content (AvgIpc) is 2.33. The van der Waals surface area contributed by atoms with Gasteiger partial charge in [-0.3, -0.25) is 5.43 Å². The second kappa shape index (κ2) is 7.13. The Bertz CT molecular complexity index is 366. The Morgan fingerprint density at radius 2 is 2.00 bits per heavy atom. The molecule has 0 atom stereocenters. The van der Waals surface area contributed by atoms with Gasteiger partial charge in [-0.2, -0.15) is 4.98 Å². The molecule has 1 heterocycles. The van der Waals surface area contributed by atoms with Gasteiger partial charge in [0.2, 0.25) is 5.95 Å². The summed E-state index contributed by atoms with van der Waals surface area (Å²) in [5.74, 6) is 6.76. The Morgan fingerprint density at radius 1 is 1.28 bits per heavy atom. The summed E-state index contributed by atoms with van der Waals surface area (Å²) in [6, 6.07) is 1.99. The molecule has 1 aromatic rings. The monoisotopic (exact) mass is 252 g/mol. The molecule has 1 aromatic heterocycles. The highest BCUT2D eigenvalue weighted by molar-refractivity contribution is 5.44. The van der Waals surface area contributed by atoms with Crippen molar-refractivity contribution >= 4 is 11.8 Å². The highest BCUT2D eigenvalue weighted by atomic mass is 15.3. The van der Waals surface area contributed by atoms with Crippen molar-refractivity contribution in [3.05, 3.63) is 11.8 Å². The number of aromatic nitrogens is 2. The predicted octanol–water partition coefficient (Wildman–Crippen LogP) is 0.849. The van der Waals surface area contributed by atoms with Crippen LogP contribution in [-0.2, 0) is 0 Å². The van der Waals surface area contributed by atoms with Gasteiger partial charge in [0, 0.05) is 24.8 Å². The van der Waals surface area contributed by atoms with Gasteiger partial charge in [-0.25, -0.2) is 10.8 Å². The third kappa shape index (κ3) is 4.46. The largest absolute Gasteiger partial charge is 0.357 e. The maximum atomic E-state index is 5.37. The van der Waals surface area contributed by atoms with Gasteiger partial charge in [-0.05, 0) is 40.9 Å². The van der Waals surface area contributed by atoms with Crippen molar-refractivity contribution in [2.45, 2.75) is 20.3 Å². The summed E-state index contributed by atoms with van der Waals surface area (Å²) in [7, 11) is 4.17. The summed E-state index contributed by atoms with van der Waals surface area (Å²) in [5.41, 5.74) is 3.42. The van der Waals surface area contributed by atoms with Gasteiger partial charge in [0.1, 0.15) is 5.82 Å². The van der Waals surface area contributed by atoms with E-state index in [1.807, 2.05) is 13.0 Å². The zero-order valence-electron chi connectivity index (χ0n) is 11.8. The highest BCUT2D eigenvalue weighted by Gasteiger charge is 2.08. The van der Waals surface area contributed by atoms with Crippen LogP contribution in [0.4, 0.5) is 11.8 Å². The third-order valence-electron chi connectivity index (χ3n) is 2.71. The Kier molecular flexibility index (Phi) is 5.80. The van der Waals surface area contributed by atoms with Crippen molar-refractivity contribution < 1.29 is 0 Å². The minimum atomic E-state index is 0.469. The molecule has 0 unspecified atom stereocenters. The molecule has 0 saturated heterocycles. The Labute approximate surface area is 109 Å². The lowest BCUT2D eigenvalue weighted by atomic mass is 10.3. The zero-order chi connectivity index (χ0) is 13.5. The molecule has 102 valence electrons. The quantitative estimate of drug-likeness (QED) is 0.554. The number of aryl methyl sites for hydroxylation is 1. The van der Waals surface area contributed by atoms with E-state index in [0.29, 0.717) is 5.95 Å². The van der Waals surface area contributed by atoms with E-state index in [1.165, 1.54) is 0 Å². The lowest BCUT2D eigenvalue weighted by Gasteiger charge is -2.23. The first-order valence-electron chi connectivity index (χ1n) is 6.28. The summed E-state index contributed by atoms with van der Waals surface area (Å²) < 4.78 is 0. The maximum absolute atomic E-state index is 5.37. The molecular formula is C12H24N6. The molecule has 0 aliphatic heterocycles. The van der Waals surface area contributed by atoms with Gasteiger partial charge in [0.15, 0.2) is 0 Å². The fourth-order valence-electron chi connectivity index (χ4n) is 1.79. The molecule has 0 fully saturated rings. The number of anilines is 2. The maximum Gasteiger partial charge on any atom is 0.239 e. The van der Waals surface area contributed by atoms with E-state index in [0.717, 1.165) is 37.6 Å². The normalized spacial score (nSPS) is 10.8. The summed E-state index contributed by atoms with van der Waals surface area (Å²) in [6.07, 6.45) is 1.11. The van der Waals surface area contributed by atoms with E-state index in [9.17, 15) is 0 Å². The van der Waals surface area contributed by atoms with Crippen molar-refractivity contribution in [3.8, 4) is 0 Å². The number of nitrogen functional groups attached to an aromatic ring is 1. The predicted molar refractivity (Wildman–Crippen MR) is 75.6 cm³/mol. The lowest BCUT2D eigenvalue weighted by molar-refractivity contribution is 0.400. The Morgan fingerprint density at radius 3 is 2.56 bits per heavy atom. The minimum absolute atomic E-state index is 0.469. The lowest BCUT2D eigenvalue weighted by Crippen LogP contribution is -2.28. The molecule has 1 rings (SSSR count). The smallest absolute Gasteiger partial charge is 0.239 e. The molecule has 18 heavy (non-hydrogen) atoms. The number of nitrogens with two attached hydrogens (primary N) is 1. The first-order valence-corrected chi connectivity index (χ1v) is 6.28. The molecule has 0 aliphatic rings. The van der Waals surface area contributed by atoms with E-state index >= 15 is 0 Å². The minimum Gasteiger partial charge on any atom is -0.357 e. The van der Waals surface area contributed by atoms with E-state index in [-0.39, 0.29) is 0 Å². The van der Waals surface area contributed by atoms with Crippen molar-refractivity contribution in [1.82, 2.24) is 14.9 Å². The molecule has 0 aliphatic carbocycles. The second-order valence-electron chi connectivity index (χ2n) is 4.57. The number of hydrogen-bond acceptors (Lipinski definition) is 6. The van der Waals surface area contributed by atoms with Crippen molar-refractivity contribution in [2.75, 3.05) is 44.1 Å². The Hall–Kier alpha value is -1.40. The van der Waals surface area contributed by atoms with Crippen LogP contribution in [0.25, 0.3) is 0 Å². The van der Waals surface area contributed by atoms with Gasteiger partial charge in [0.25, 0.3) is 0 Å². The van der Waals surface area contributed by atoms with Crippen LogP contribution in [0.3, 0.4) is 0 Å². The van der Waals surface area contributed by atoms with Crippen molar-refractivity contribution in [3.63, 3.8) is 0 Å². The second-order valence-corrected chi connectivity index (χ2v) is 4.57. The first kappa shape index (κ1) is 14.7. The summed E-state index contributed by atoms with van der Waals surface area (Å²) in [4.78, 5) is 13.0. The van der Waals surface area contributed by atoms with Gasteiger partial charge in [0.05, 0.1) is 0 Å². The van der Waals surface area contributed by atoms with Crippen LogP contribution >= 0.6 is 0 Å². The molecule has 0 bridgehead atoms. The van der Waals surface area contributed by atoms with Crippen LogP contribution in [0.5, 0.6) is 0 Å². The summed E-state index contributed by atoms with van der Waals surface area (Å²) in [6.45, 7) is 7.05. The summed E-state index contributed by atoms with van der Waals surface area (Å²) in [5, 5.41) is 0. The fourth-order valence-corrected chi connectivity index (χ4v) is 1.79. The SMILES string of the molecule is CCN(CCCN(C)C)c1cc(C)nc(NN)n1. The average molecular weight is 252 g/mol. The van der Waals surface area contributed by atoms with E-state index < -0.39 is 0 Å². The molecule has 0 spiro atoms. The topological polar surface area (TPSA) is 70.3 Å². The van der Waals surface area contributed by atoms with Crippen molar-refractivity contribution in [1.29, 1.82) is 0 Å². The van der Waals surface area contributed by atoms with Crippen LogP contribution in [0.1, 0.15) is 19.0 Å². The fraction of sp³-hybridized carbons (Fsp3) is 0.667. The van der Waals surface area contributed by atoms with Crippen LogP contribution in [0, 0.1) is 6.92 Å². The number of hydrazine groups is 1. The number of nitrogens with one attached hydrogen (secondary N) is 1. The van der Waals surface area contributed by atoms with Crippen molar-refractivity contribution in [2.24, 2.45) is 5.84 Å². The molecule has 6 nitrogen and oxygen atoms in total. The molecular weight excluding hydrogens is 228 g/mol. The van der Waals surface area contributed by atoms with E-state index in [4.69, 9.17) is 5.84 Å². The standard InChI is InChI=1S/C12H24N6/c1-5-18(8-6-7-17(3)4)11-9-10(2)14-12(15-11)16-13/h9H,5-8,13H2,1-4H3,(H,14,15,16). The molecule has 0 aromatic carbocycles. The molecule has 0 saturated carbocycles. The van der Waals surface area contributed by atoms with Crippen LogP contribution < -0.4 is 16.2 Å². The van der Waals surface area contributed by atoms with Gasteiger partial charge in [-0.15, -0.1) is 0 Å². The molecule has 0 amide bonds. The third-order valence-corrected chi connectivity index (χ3v) is 2.71. The van der Waals surface area contributed by atoms with E-state index in [2.05, 4.69) is 46.2 Å². The molecule has 0 radical (unpaired) electrons. The van der Waals surface area contributed by atoms with Crippen LogP contribution in [0.2, 0.25) is 0 Å². The van der Waals surface area contributed by atoms with Crippen LogP contribution in [-0.4, -0.2) is 48.6 Å². The highest BCUT2D eigenvalue weighted by Crippen LogP contribution is 2.14. The van der Waals surface area contributed by atoms with Gasteiger partial charge < -0.3 is 9.80 Å². The van der Waals surface area contributed by atoms with E-state index in [1.54, 1.807) is 0 Å². The summed E-state index contributed by atoms with van der Waals surface area (Å²) >= 11 is 0. The first-order chi connectivity index (χ1) is 8.56. The van der Waals surface area contributed by atoms with Gasteiger partial charge >= 0.3 is 0 Å². The zero-order valence-corrected chi connectivity index (χ0v) is 11.8. The molecule has 6 heteroatoms. The number of rotatable bonds is 7. The number of nitrogens with zero attached hydrogens (tertiary/aromatic N) is 4. The van der Waals surface area contributed by atoms with Crippen LogP contribution in [0.15, 0.2) is 6.07 Å².